The van der Waals surface area contributed by atoms with Crippen LogP contribution in [0.4, 0.5) is 0 Å². The van der Waals surface area contributed by atoms with Gasteiger partial charge in [-0.2, -0.15) is 0 Å². The second kappa shape index (κ2) is 4.72. The zero-order chi connectivity index (χ0) is 11.7. The third kappa shape index (κ3) is 2.09. The number of rotatable bonds is 4. The molecular weight excluding hydrogens is 206 g/mol. The van der Waals surface area contributed by atoms with E-state index < -0.39 is 5.97 Å². The van der Waals surface area contributed by atoms with Gasteiger partial charge < -0.3 is 9.84 Å². The monoisotopic (exact) mass is 227 g/mol. The molecule has 2 rings (SSSR count). The topological polar surface area (TPSA) is 49.8 Å². The van der Waals surface area contributed by atoms with Crippen molar-refractivity contribution in [2.24, 2.45) is 5.92 Å². The zero-order valence-corrected chi connectivity index (χ0v) is 10.1. The number of hydrogen-bond donors (Lipinski definition) is 1. The Labute approximate surface area is 96.6 Å². The smallest absolute Gasteiger partial charge is 0.303 e. The number of piperidine rings is 1. The number of carboxylic acids is 1. The van der Waals surface area contributed by atoms with Gasteiger partial charge in [-0.1, -0.05) is 0 Å². The average molecular weight is 227 g/mol. The summed E-state index contributed by atoms with van der Waals surface area (Å²) >= 11 is 0. The van der Waals surface area contributed by atoms with E-state index in [9.17, 15) is 4.79 Å². The number of likely N-dealkylation sites (N-methyl/N-ethyl adjacent to an activating group) is 1. The summed E-state index contributed by atoms with van der Waals surface area (Å²) in [6.45, 7) is 2.66. The number of carboxylic acid groups (broad SMARTS) is 1. The van der Waals surface area contributed by atoms with E-state index in [0.29, 0.717) is 18.7 Å². The van der Waals surface area contributed by atoms with Crippen molar-refractivity contribution in [1.29, 1.82) is 0 Å². The van der Waals surface area contributed by atoms with Crippen LogP contribution in [0, 0.1) is 5.92 Å². The van der Waals surface area contributed by atoms with Crippen LogP contribution in [0.2, 0.25) is 0 Å². The molecule has 0 saturated carbocycles. The van der Waals surface area contributed by atoms with Crippen molar-refractivity contribution in [3.63, 3.8) is 0 Å². The lowest BCUT2D eigenvalue weighted by Crippen LogP contribution is -2.51. The van der Waals surface area contributed by atoms with Gasteiger partial charge in [0.15, 0.2) is 0 Å². The Morgan fingerprint density at radius 3 is 2.88 bits per heavy atom. The first-order chi connectivity index (χ1) is 7.63. The Balaban J connectivity index is 2.09. The van der Waals surface area contributed by atoms with Crippen LogP contribution in [0.15, 0.2) is 0 Å². The summed E-state index contributed by atoms with van der Waals surface area (Å²) in [7, 11) is 2.14. The van der Waals surface area contributed by atoms with Crippen LogP contribution in [0.3, 0.4) is 0 Å². The summed E-state index contributed by atoms with van der Waals surface area (Å²) in [4.78, 5) is 13.3. The van der Waals surface area contributed by atoms with Gasteiger partial charge in [0, 0.05) is 18.7 Å². The highest BCUT2D eigenvalue weighted by molar-refractivity contribution is 5.67. The summed E-state index contributed by atoms with van der Waals surface area (Å²) < 4.78 is 5.79. The van der Waals surface area contributed by atoms with Crippen LogP contribution >= 0.6 is 0 Å². The lowest BCUT2D eigenvalue weighted by molar-refractivity contribution is -0.142. The van der Waals surface area contributed by atoms with Gasteiger partial charge in [-0.05, 0) is 39.2 Å². The second-order valence-corrected chi connectivity index (χ2v) is 4.98. The molecule has 0 amide bonds. The molecule has 16 heavy (non-hydrogen) atoms. The first-order valence-electron chi connectivity index (χ1n) is 6.18. The van der Waals surface area contributed by atoms with E-state index in [-0.39, 0.29) is 18.4 Å². The van der Waals surface area contributed by atoms with E-state index in [0.717, 1.165) is 12.8 Å². The molecule has 0 spiro atoms. The molecule has 2 saturated heterocycles. The Hall–Kier alpha value is -0.610. The highest BCUT2D eigenvalue weighted by Crippen LogP contribution is 2.40. The van der Waals surface area contributed by atoms with Crippen LogP contribution in [0.25, 0.3) is 0 Å². The first kappa shape index (κ1) is 11.9. The van der Waals surface area contributed by atoms with E-state index in [1.54, 1.807) is 0 Å². The molecule has 0 aromatic carbocycles. The molecule has 0 aliphatic carbocycles. The Morgan fingerprint density at radius 2 is 2.25 bits per heavy atom. The number of carbonyl (C=O) groups is 1. The van der Waals surface area contributed by atoms with Crippen molar-refractivity contribution in [2.45, 2.75) is 50.8 Å². The Bertz CT molecular complexity index is 269. The Morgan fingerprint density at radius 1 is 1.50 bits per heavy atom. The van der Waals surface area contributed by atoms with Crippen LogP contribution in [-0.4, -0.2) is 47.8 Å². The van der Waals surface area contributed by atoms with Crippen LogP contribution in [0.5, 0.6) is 0 Å². The number of hydrogen-bond acceptors (Lipinski definition) is 3. The van der Waals surface area contributed by atoms with Gasteiger partial charge in [0.05, 0.1) is 12.5 Å². The average Bonchev–Trinajstić information content (AvgIpc) is 2.46. The summed E-state index contributed by atoms with van der Waals surface area (Å²) in [5, 5.41) is 8.94. The van der Waals surface area contributed by atoms with Gasteiger partial charge in [0.1, 0.15) is 0 Å². The quantitative estimate of drug-likeness (QED) is 0.787. The molecule has 4 unspecified atom stereocenters. The number of nitrogens with zero attached hydrogens (tertiary/aromatic N) is 1. The Kier molecular flexibility index (Phi) is 3.50. The van der Waals surface area contributed by atoms with Crippen LogP contribution in [0.1, 0.15) is 32.6 Å². The summed E-state index contributed by atoms with van der Waals surface area (Å²) in [5.41, 5.74) is 0. The summed E-state index contributed by atoms with van der Waals surface area (Å²) in [6.07, 6.45) is 3.70. The maximum absolute atomic E-state index is 10.9. The van der Waals surface area contributed by atoms with E-state index >= 15 is 0 Å². The van der Waals surface area contributed by atoms with Crippen LogP contribution in [-0.2, 0) is 9.53 Å². The lowest BCUT2D eigenvalue weighted by atomic mass is 9.85. The van der Waals surface area contributed by atoms with E-state index in [4.69, 9.17) is 9.84 Å². The van der Waals surface area contributed by atoms with Crippen molar-refractivity contribution < 1.29 is 14.6 Å². The third-order valence-electron chi connectivity index (χ3n) is 4.11. The summed E-state index contributed by atoms with van der Waals surface area (Å²) in [6, 6.07) is 1.01. The molecule has 4 atom stereocenters. The minimum Gasteiger partial charge on any atom is -0.481 e. The number of ether oxygens (including phenoxy) is 1. The molecule has 2 fully saturated rings. The molecule has 2 heterocycles. The molecule has 2 aliphatic heterocycles. The van der Waals surface area contributed by atoms with E-state index in [1.807, 2.05) is 6.92 Å². The molecule has 0 aromatic heterocycles. The molecule has 0 radical (unpaired) electrons. The summed E-state index contributed by atoms with van der Waals surface area (Å²) in [5.74, 6) is -0.496. The van der Waals surface area contributed by atoms with Crippen molar-refractivity contribution >= 4 is 5.97 Å². The fraction of sp³-hybridized carbons (Fsp3) is 0.917. The van der Waals surface area contributed by atoms with Crippen molar-refractivity contribution in [3.8, 4) is 0 Å². The molecule has 4 nitrogen and oxygen atoms in total. The molecular formula is C12H21NO3. The van der Waals surface area contributed by atoms with Crippen LogP contribution < -0.4 is 0 Å². The second-order valence-electron chi connectivity index (χ2n) is 4.98. The molecule has 1 N–H and O–H groups in total. The molecule has 0 aromatic rings. The predicted octanol–water partition coefficient (Wildman–Crippen LogP) is 1.35. The normalized spacial score (nSPS) is 38.9. The minimum absolute atomic E-state index is 0.116. The van der Waals surface area contributed by atoms with Gasteiger partial charge in [-0.15, -0.1) is 0 Å². The molecule has 92 valence electrons. The highest BCUT2D eigenvalue weighted by Gasteiger charge is 2.46. The van der Waals surface area contributed by atoms with Gasteiger partial charge in [-0.25, -0.2) is 0 Å². The standard InChI is InChI=1S/C12H21NO3/c1-3-16-12-8(7-11(14)15)6-9-4-5-10(12)13(9)2/h8-10,12H,3-7H2,1-2H3,(H,14,15). The van der Waals surface area contributed by atoms with E-state index in [2.05, 4.69) is 11.9 Å². The highest BCUT2D eigenvalue weighted by atomic mass is 16.5. The van der Waals surface area contributed by atoms with E-state index in [1.165, 1.54) is 6.42 Å². The zero-order valence-electron chi connectivity index (χ0n) is 10.1. The van der Waals surface area contributed by atoms with Crippen molar-refractivity contribution in [2.75, 3.05) is 13.7 Å². The number of aliphatic carboxylic acids is 1. The lowest BCUT2D eigenvalue weighted by Gasteiger charge is -2.42. The molecule has 2 bridgehead atoms. The molecule has 4 heteroatoms. The maximum Gasteiger partial charge on any atom is 0.303 e. The fourth-order valence-corrected chi connectivity index (χ4v) is 3.38. The van der Waals surface area contributed by atoms with Gasteiger partial charge in [0.2, 0.25) is 0 Å². The first-order valence-corrected chi connectivity index (χ1v) is 6.18. The number of fused-ring (bicyclic) bond motifs is 2. The van der Waals surface area contributed by atoms with Gasteiger partial charge in [-0.3, -0.25) is 9.69 Å². The van der Waals surface area contributed by atoms with Crippen molar-refractivity contribution in [1.82, 2.24) is 4.90 Å². The third-order valence-corrected chi connectivity index (χ3v) is 4.11. The SMILES string of the molecule is CCOC1C(CC(=O)O)CC2CCC1N2C. The fourth-order valence-electron chi connectivity index (χ4n) is 3.38. The van der Waals surface area contributed by atoms with Gasteiger partial charge >= 0.3 is 5.97 Å². The van der Waals surface area contributed by atoms with Gasteiger partial charge in [0.25, 0.3) is 0 Å². The maximum atomic E-state index is 10.9. The minimum atomic E-state index is -0.696. The predicted molar refractivity (Wildman–Crippen MR) is 60.3 cm³/mol. The largest absolute Gasteiger partial charge is 0.481 e. The van der Waals surface area contributed by atoms with Crippen molar-refractivity contribution in [3.05, 3.63) is 0 Å². The molecule has 2 aliphatic rings.